The van der Waals surface area contributed by atoms with E-state index < -0.39 is 0 Å². The number of hydrogen-bond acceptors (Lipinski definition) is 2. The van der Waals surface area contributed by atoms with Gasteiger partial charge in [-0.3, -0.25) is 4.79 Å². The second-order valence-electron chi connectivity index (χ2n) is 4.70. The third kappa shape index (κ3) is 3.22. The van der Waals surface area contributed by atoms with E-state index in [0.29, 0.717) is 0 Å². The normalized spacial score (nSPS) is 15.1. The molecule has 92 valence electrons. The van der Waals surface area contributed by atoms with Crippen LogP contribution >= 0.6 is 0 Å². The third-order valence-corrected chi connectivity index (χ3v) is 3.02. The van der Waals surface area contributed by atoms with Crippen LogP contribution in [0.1, 0.15) is 24.0 Å². The first-order valence-electron chi connectivity index (χ1n) is 6.14. The zero-order valence-corrected chi connectivity index (χ0v) is 10.5. The van der Waals surface area contributed by atoms with Crippen LogP contribution in [0.3, 0.4) is 0 Å². The zero-order valence-electron chi connectivity index (χ0n) is 10.5. The number of hydrogen-bond donors (Lipinski definition) is 0. The largest absolute Gasteiger partial charge is 0.484 e. The van der Waals surface area contributed by atoms with Crippen molar-refractivity contribution in [3.05, 3.63) is 29.3 Å². The van der Waals surface area contributed by atoms with Gasteiger partial charge < -0.3 is 9.64 Å². The van der Waals surface area contributed by atoms with Gasteiger partial charge in [0.05, 0.1) is 0 Å². The third-order valence-electron chi connectivity index (χ3n) is 3.02. The summed E-state index contributed by atoms with van der Waals surface area (Å²) in [5, 5.41) is 0. The van der Waals surface area contributed by atoms with Gasteiger partial charge in [-0.2, -0.15) is 0 Å². The number of carbonyl (C=O) groups excluding carboxylic acids is 1. The Morgan fingerprint density at radius 2 is 1.76 bits per heavy atom. The maximum Gasteiger partial charge on any atom is 0.260 e. The molecule has 1 saturated heterocycles. The molecule has 3 nitrogen and oxygen atoms in total. The lowest BCUT2D eigenvalue weighted by molar-refractivity contribution is -0.132. The van der Waals surface area contributed by atoms with E-state index in [1.54, 1.807) is 0 Å². The topological polar surface area (TPSA) is 29.5 Å². The molecule has 1 aromatic rings. The molecule has 3 heteroatoms. The van der Waals surface area contributed by atoms with Crippen molar-refractivity contribution in [1.29, 1.82) is 0 Å². The first kappa shape index (κ1) is 12.0. The molecule has 1 aliphatic heterocycles. The summed E-state index contributed by atoms with van der Waals surface area (Å²) in [5.74, 6) is 0.886. The molecule has 1 fully saturated rings. The fraction of sp³-hybridized carbons (Fsp3) is 0.500. The van der Waals surface area contributed by atoms with Gasteiger partial charge in [0.15, 0.2) is 6.61 Å². The van der Waals surface area contributed by atoms with E-state index in [2.05, 4.69) is 6.07 Å². The number of likely N-dealkylation sites (tertiary alicyclic amines) is 1. The molecule has 0 aliphatic carbocycles. The fourth-order valence-corrected chi connectivity index (χ4v) is 2.22. The molecule has 17 heavy (non-hydrogen) atoms. The van der Waals surface area contributed by atoms with Crippen LogP contribution in [0.25, 0.3) is 0 Å². The average Bonchev–Trinajstić information content (AvgIpc) is 2.78. The molecule has 0 saturated carbocycles. The van der Waals surface area contributed by atoms with Gasteiger partial charge in [-0.1, -0.05) is 6.07 Å². The Balaban J connectivity index is 1.90. The van der Waals surface area contributed by atoms with E-state index in [9.17, 15) is 4.79 Å². The van der Waals surface area contributed by atoms with Gasteiger partial charge in [-0.25, -0.2) is 0 Å². The van der Waals surface area contributed by atoms with Gasteiger partial charge >= 0.3 is 0 Å². The summed E-state index contributed by atoms with van der Waals surface area (Å²) in [5.41, 5.74) is 2.32. The van der Waals surface area contributed by atoms with Crippen molar-refractivity contribution in [1.82, 2.24) is 4.90 Å². The molecule has 0 radical (unpaired) electrons. The van der Waals surface area contributed by atoms with E-state index in [-0.39, 0.29) is 12.5 Å². The smallest absolute Gasteiger partial charge is 0.260 e. The number of carbonyl (C=O) groups is 1. The van der Waals surface area contributed by atoms with Crippen molar-refractivity contribution in [2.24, 2.45) is 0 Å². The van der Waals surface area contributed by atoms with E-state index in [1.165, 1.54) is 0 Å². The highest BCUT2D eigenvalue weighted by Crippen LogP contribution is 2.16. The molecule has 0 N–H and O–H groups in total. The number of aryl methyl sites for hydroxylation is 2. The molecule has 0 bridgehead atoms. The molecule has 1 aliphatic rings. The first-order valence-corrected chi connectivity index (χ1v) is 6.14. The Morgan fingerprint density at radius 1 is 1.18 bits per heavy atom. The van der Waals surface area contributed by atoms with Crippen LogP contribution in [0.2, 0.25) is 0 Å². The van der Waals surface area contributed by atoms with Crippen LogP contribution in [0.4, 0.5) is 0 Å². The summed E-state index contributed by atoms with van der Waals surface area (Å²) in [6.07, 6.45) is 2.24. The maximum absolute atomic E-state index is 11.8. The standard InChI is InChI=1S/C14H19NO2/c1-11-7-12(2)9-13(8-11)17-10-14(16)15-5-3-4-6-15/h7-9H,3-6,10H2,1-2H3. The lowest BCUT2D eigenvalue weighted by Gasteiger charge is -2.15. The molecular formula is C14H19NO2. The second-order valence-corrected chi connectivity index (χ2v) is 4.70. The summed E-state index contributed by atoms with van der Waals surface area (Å²) in [7, 11) is 0. The highest BCUT2D eigenvalue weighted by atomic mass is 16.5. The Hall–Kier alpha value is -1.51. The van der Waals surface area contributed by atoms with Crippen LogP contribution < -0.4 is 4.74 Å². The molecule has 0 spiro atoms. The Bertz CT molecular complexity index is 388. The number of nitrogens with zero attached hydrogens (tertiary/aromatic N) is 1. The fourth-order valence-electron chi connectivity index (χ4n) is 2.22. The molecule has 0 atom stereocenters. The number of amides is 1. The molecule has 0 aromatic heterocycles. The van der Waals surface area contributed by atoms with E-state index in [1.807, 2.05) is 30.9 Å². The van der Waals surface area contributed by atoms with Crippen molar-refractivity contribution in [2.75, 3.05) is 19.7 Å². The highest BCUT2D eigenvalue weighted by Gasteiger charge is 2.17. The SMILES string of the molecule is Cc1cc(C)cc(OCC(=O)N2CCCC2)c1. The number of benzene rings is 1. The predicted molar refractivity (Wildman–Crippen MR) is 67.2 cm³/mol. The Labute approximate surface area is 102 Å². The van der Waals surface area contributed by atoms with Crippen molar-refractivity contribution in [3.63, 3.8) is 0 Å². The number of ether oxygens (including phenoxy) is 1. The zero-order chi connectivity index (χ0) is 12.3. The summed E-state index contributed by atoms with van der Waals surface area (Å²) < 4.78 is 5.55. The minimum Gasteiger partial charge on any atom is -0.484 e. The Kier molecular flexibility index (Phi) is 3.67. The van der Waals surface area contributed by atoms with Gasteiger partial charge in [-0.05, 0) is 49.9 Å². The van der Waals surface area contributed by atoms with Crippen LogP contribution in [0, 0.1) is 13.8 Å². The van der Waals surface area contributed by atoms with Gasteiger partial charge in [-0.15, -0.1) is 0 Å². The van der Waals surface area contributed by atoms with E-state index in [4.69, 9.17) is 4.74 Å². The maximum atomic E-state index is 11.8. The molecule has 0 unspecified atom stereocenters. The van der Waals surface area contributed by atoms with Crippen LogP contribution in [-0.2, 0) is 4.79 Å². The lowest BCUT2D eigenvalue weighted by atomic mass is 10.1. The monoisotopic (exact) mass is 233 g/mol. The quantitative estimate of drug-likeness (QED) is 0.801. The minimum atomic E-state index is 0.0988. The average molecular weight is 233 g/mol. The first-order chi connectivity index (χ1) is 8.15. The summed E-state index contributed by atoms with van der Waals surface area (Å²) in [6.45, 7) is 5.98. The summed E-state index contributed by atoms with van der Waals surface area (Å²) >= 11 is 0. The van der Waals surface area contributed by atoms with Crippen molar-refractivity contribution in [3.8, 4) is 5.75 Å². The Morgan fingerprint density at radius 3 is 2.35 bits per heavy atom. The van der Waals surface area contributed by atoms with Crippen molar-refractivity contribution < 1.29 is 9.53 Å². The van der Waals surface area contributed by atoms with Gasteiger partial charge in [0.2, 0.25) is 0 Å². The van der Waals surface area contributed by atoms with Crippen LogP contribution in [0.5, 0.6) is 5.75 Å². The van der Waals surface area contributed by atoms with Gasteiger partial charge in [0.25, 0.3) is 5.91 Å². The molecule has 1 heterocycles. The second kappa shape index (κ2) is 5.21. The van der Waals surface area contributed by atoms with Crippen LogP contribution in [0.15, 0.2) is 18.2 Å². The molecule has 1 amide bonds. The van der Waals surface area contributed by atoms with Gasteiger partial charge in [0, 0.05) is 13.1 Å². The minimum absolute atomic E-state index is 0.0988. The molecule has 1 aromatic carbocycles. The van der Waals surface area contributed by atoms with E-state index >= 15 is 0 Å². The van der Waals surface area contributed by atoms with Crippen LogP contribution in [-0.4, -0.2) is 30.5 Å². The highest BCUT2D eigenvalue weighted by molar-refractivity contribution is 5.78. The summed E-state index contributed by atoms with van der Waals surface area (Å²) in [6, 6.07) is 6.02. The summed E-state index contributed by atoms with van der Waals surface area (Å²) in [4.78, 5) is 13.7. The van der Waals surface area contributed by atoms with Crippen molar-refractivity contribution >= 4 is 5.91 Å². The molecule has 2 rings (SSSR count). The molecular weight excluding hydrogens is 214 g/mol. The predicted octanol–water partition coefficient (Wildman–Crippen LogP) is 2.30. The van der Waals surface area contributed by atoms with Crippen molar-refractivity contribution in [2.45, 2.75) is 26.7 Å². The van der Waals surface area contributed by atoms with Gasteiger partial charge in [0.1, 0.15) is 5.75 Å². The van der Waals surface area contributed by atoms with E-state index in [0.717, 1.165) is 42.8 Å². The number of rotatable bonds is 3. The lowest BCUT2D eigenvalue weighted by Crippen LogP contribution is -2.32.